The Morgan fingerprint density at radius 3 is 2.62 bits per heavy atom. The van der Waals surface area contributed by atoms with Crippen molar-refractivity contribution in [2.24, 2.45) is 4.99 Å². The van der Waals surface area contributed by atoms with Crippen molar-refractivity contribution in [3.8, 4) is 5.75 Å². The molecule has 2 rings (SSSR count). The number of nitrogens with zero attached hydrogens (tertiary/aromatic N) is 1. The van der Waals surface area contributed by atoms with E-state index in [1.54, 1.807) is 30.3 Å². The molecule has 0 spiro atoms. The van der Waals surface area contributed by atoms with Gasteiger partial charge in [0.1, 0.15) is 5.75 Å². The molecule has 0 fully saturated rings. The van der Waals surface area contributed by atoms with E-state index in [0.717, 1.165) is 0 Å². The molecule has 4 nitrogen and oxygen atoms in total. The number of hydrogen-bond acceptors (Lipinski definition) is 3. The molecule has 0 saturated heterocycles. The van der Waals surface area contributed by atoms with Gasteiger partial charge in [-0.15, -0.1) is 0 Å². The highest BCUT2D eigenvalue weighted by atomic mass is 35.5. The normalized spacial score (nSPS) is 10.8. The van der Waals surface area contributed by atoms with E-state index in [0.29, 0.717) is 27.0 Å². The average molecular weight is 323 g/mol. The second kappa shape index (κ2) is 6.61. The van der Waals surface area contributed by atoms with Crippen LogP contribution in [0.4, 0.5) is 11.4 Å². The van der Waals surface area contributed by atoms with Crippen LogP contribution in [0.25, 0.3) is 0 Å². The molecule has 1 amide bonds. The largest absolute Gasteiger partial charge is 0.507 e. The van der Waals surface area contributed by atoms with Crippen LogP contribution in [0, 0.1) is 0 Å². The lowest BCUT2D eigenvalue weighted by atomic mass is 10.2. The second-order valence-electron chi connectivity index (χ2n) is 4.28. The third kappa shape index (κ3) is 3.97. The Morgan fingerprint density at radius 1 is 1.24 bits per heavy atom. The number of phenols is 1. The van der Waals surface area contributed by atoms with Gasteiger partial charge in [-0.05, 0) is 24.3 Å². The van der Waals surface area contributed by atoms with Crippen LogP contribution in [0.1, 0.15) is 12.5 Å². The van der Waals surface area contributed by atoms with E-state index < -0.39 is 0 Å². The third-order valence-corrected chi connectivity index (χ3v) is 3.24. The molecule has 6 heteroatoms. The molecule has 0 bridgehead atoms. The van der Waals surface area contributed by atoms with Gasteiger partial charge in [-0.3, -0.25) is 9.79 Å². The minimum absolute atomic E-state index is 0.119. The summed E-state index contributed by atoms with van der Waals surface area (Å²) < 4.78 is 0. The summed E-state index contributed by atoms with van der Waals surface area (Å²) >= 11 is 12.1. The molecular weight excluding hydrogens is 311 g/mol. The molecular formula is C15H12Cl2N2O2. The minimum Gasteiger partial charge on any atom is -0.507 e. The van der Waals surface area contributed by atoms with Gasteiger partial charge in [0.15, 0.2) is 0 Å². The number of rotatable bonds is 3. The topological polar surface area (TPSA) is 61.7 Å². The monoisotopic (exact) mass is 322 g/mol. The van der Waals surface area contributed by atoms with E-state index >= 15 is 0 Å². The first kappa shape index (κ1) is 15.4. The van der Waals surface area contributed by atoms with Crippen LogP contribution in [0.3, 0.4) is 0 Å². The summed E-state index contributed by atoms with van der Waals surface area (Å²) in [6.45, 7) is 1.38. The van der Waals surface area contributed by atoms with Gasteiger partial charge in [0, 0.05) is 18.7 Å². The van der Waals surface area contributed by atoms with E-state index in [4.69, 9.17) is 23.2 Å². The molecule has 0 aliphatic carbocycles. The summed E-state index contributed by atoms with van der Waals surface area (Å²) in [7, 11) is 0. The zero-order valence-electron chi connectivity index (χ0n) is 11.1. The van der Waals surface area contributed by atoms with Crippen LogP contribution >= 0.6 is 23.2 Å². The Bertz CT molecular complexity index is 715. The first-order chi connectivity index (χ1) is 9.97. The zero-order valence-corrected chi connectivity index (χ0v) is 12.6. The van der Waals surface area contributed by atoms with E-state index in [9.17, 15) is 9.90 Å². The predicted molar refractivity (Wildman–Crippen MR) is 86.1 cm³/mol. The van der Waals surface area contributed by atoms with Crippen molar-refractivity contribution < 1.29 is 9.90 Å². The number of benzene rings is 2. The first-order valence-electron chi connectivity index (χ1n) is 6.06. The summed E-state index contributed by atoms with van der Waals surface area (Å²) in [4.78, 5) is 15.3. The Kier molecular flexibility index (Phi) is 4.83. The predicted octanol–water partition coefficient (Wildman–Crippen LogP) is 4.41. The maximum Gasteiger partial charge on any atom is 0.221 e. The highest BCUT2D eigenvalue weighted by Gasteiger charge is 2.08. The Labute approximate surface area is 132 Å². The van der Waals surface area contributed by atoms with Gasteiger partial charge in [0.2, 0.25) is 5.91 Å². The van der Waals surface area contributed by atoms with Crippen LogP contribution in [0.2, 0.25) is 10.0 Å². The zero-order chi connectivity index (χ0) is 15.4. The minimum atomic E-state index is -0.241. The SMILES string of the molecule is CC(=O)Nc1cc(N=Cc2ccccc2O)c(Cl)cc1Cl. The first-order valence-corrected chi connectivity index (χ1v) is 6.81. The van der Waals surface area contributed by atoms with Crippen LogP contribution in [0.5, 0.6) is 5.75 Å². The molecule has 0 aliphatic heterocycles. The molecule has 0 atom stereocenters. The summed E-state index contributed by atoms with van der Waals surface area (Å²) in [5.41, 5.74) is 1.43. The van der Waals surface area contributed by atoms with Crippen molar-refractivity contribution in [3.63, 3.8) is 0 Å². The van der Waals surface area contributed by atoms with Gasteiger partial charge >= 0.3 is 0 Å². The van der Waals surface area contributed by atoms with E-state index in [-0.39, 0.29) is 11.7 Å². The fraction of sp³-hybridized carbons (Fsp3) is 0.0667. The highest BCUT2D eigenvalue weighted by Crippen LogP contribution is 2.34. The molecule has 2 aromatic rings. The standard InChI is InChI=1S/C15H12Cl2N2O2/c1-9(20)19-14-7-13(11(16)6-12(14)17)18-8-10-4-2-3-5-15(10)21/h2-8,21H,1H3,(H,19,20). The van der Waals surface area contributed by atoms with E-state index in [2.05, 4.69) is 10.3 Å². The number of carbonyl (C=O) groups excluding carboxylic acids is 1. The molecule has 2 N–H and O–H groups in total. The molecule has 0 aliphatic rings. The summed E-state index contributed by atoms with van der Waals surface area (Å²) in [5, 5.41) is 12.9. The molecule has 0 radical (unpaired) electrons. The molecule has 2 aromatic carbocycles. The van der Waals surface area contributed by atoms with Gasteiger partial charge in [0.25, 0.3) is 0 Å². The number of phenolic OH excluding ortho intramolecular Hbond substituents is 1. The number of nitrogens with one attached hydrogen (secondary N) is 1. The van der Waals surface area contributed by atoms with E-state index in [1.165, 1.54) is 19.2 Å². The maximum atomic E-state index is 11.1. The van der Waals surface area contributed by atoms with Crippen molar-refractivity contribution in [3.05, 3.63) is 52.0 Å². The Morgan fingerprint density at radius 2 is 1.95 bits per heavy atom. The highest BCUT2D eigenvalue weighted by molar-refractivity contribution is 6.38. The van der Waals surface area contributed by atoms with Crippen molar-refractivity contribution >= 4 is 46.7 Å². The van der Waals surface area contributed by atoms with Gasteiger partial charge in [0.05, 0.1) is 21.4 Å². The third-order valence-electron chi connectivity index (χ3n) is 2.63. The number of para-hydroxylation sites is 1. The fourth-order valence-electron chi connectivity index (χ4n) is 1.66. The number of carbonyl (C=O) groups is 1. The lowest BCUT2D eigenvalue weighted by Crippen LogP contribution is -2.06. The molecule has 0 saturated carbocycles. The van der Waals surface area contributed by atoms with Gasteiger partial charge < -0.3 is 10.4 Å². The Balaban J connectivity index is 2.35. The van der Waals surface area contributed by atoms with Crippen LogP contribution in [-0.2, 0) is 4.79 Å². The fourth-order valence-corrected chi connectivity index (χ4v) is 2.14. The van der Waals surface area contributed by atoms with Crippen molar-refractivity contribution in [1.29, 1.82) is 0 Å². The number of hydrogen-bond donors (Lipinski definition) is 2. The van der Waals surface area contributed by atoms with Crippen LogP contribution in [-0.4, -0.2) is 17.2 Å². The maximum absolute atomic E-state index is 11.1. The van der Waals surface area contributed by atoms with E-state index in [1.807, 2.05) is 0 Å². The van der Waals surface area contributed by atoms with Crippen LogP contribution < -0.4 is 5.32 Å². The summed E-state index contributed by atoms with van der Waals surface area (Å²) in [6, 6.07) is 9.86. The quantitative estimate of drug-likeness (QED) is 0.822. The lowest BCUT2D eigenvalue weighted by Gasteiger charge is -2.07. The summed E-state index contributed by atoms with van der Waals surface area (Å²) in [5.74, 6) is -0.122. The van der Waals surface area contributed by atoms with Crippen molar-refractivity contribution in [2.75, 3.05) is 5.32 Å². The Hall–Kier alpha value is -2.04. The molecule has 21 heavy (non-hydrogen) atoms. The number of anilines is 1. The number of halogens is 2. The second-order valence-corrected chi connectivity index (χ2v) is 5.10. The number of aliphatic imine (C=N–C) groups is 1. The average Bonchev–Trinajstić information content (AvgIpc) is 2.41. The van der Waals surface area contributed by atoms with Crippen molar-refractivity contribution in [2.45, 2.75) is 6.92 Å². The molecule has 0 aromatic heterocycles. The van der Waals surface area contributed by atoms with Crippen molar-refractivity contribution in [1.82, 2.24) is 0 Å². The summed E-state index contributed by atoms with van der Waals surface area (Å²) in [6.07, 6.45) is 1.49. The number of amides is 1. The van der Waals surface area contributed by atoms with Gasteiger partial charge in [-0.1, -0.05) is 35.3 Å². The molecule has 108 valence electrons. The van der Waals surface area contributed by atoms with Crippen LogP contribution in [0.15, 0.2) is 41.4 Å². The lowest BCUT2D eigenvalue weighted by molar-refractivity contribution is -0.114. The smallest absolute Gasteiger partial charge is 0.221 e. The number of aromatic hydroxyl groups is 1. The molecule has 0 unspecified atom stereocenters. The molecule has 0 heterocycles. The van der Waals surface area contributed by atoms with Gasteiger partial charge in [-0.25, -0.2) is 0 Å². The van der Waals surface area contributed by atoms with Gasteiger partial charge in [-0.2, -0.15) is 0 Å².